The van der Waals surface area contributed by atoms with Crippen LogP contribution in [0.3, 0.4) is 0 Å². The van der Waals surface area contributed by atoms with Gasteiger partial charge in [0.05, 0.1) is 18.2 Å². The molecule has 1 fully saturated rings. The van der Waals surface area contributed by atoms with Crippen molar-refractivity contribution in [2.24, 2.45) is 0 Å². The first kappa shape index (κ1) is 18.3. The Kier molecular flexibility index (Phi) is 5.50. The molecular weight excluding hydrogens is 319 g/mol. The van der Waals surface area contributed by atoms with Crippen LogP contribution in [0.4, 0.5) is 13.2 Å². The predicted molar refractivity (Wildman–Crippen MR) is 82.7 cm³/mol. The summed E-state index contributed by atoms with van der Waals surface area (Å²) in [6.45, 7) is 0.440. The lowest BCUT2D eigenvalue weighted by molar-refractivity contribution is -0.137. The highest BCUT2D eigenvalue weighted by atomic mass is 19.4. The van der Waals surface area contributed by atoms with Crippen molar-refractivity contribution >= 4 is 5.91 Å². The van der Waals surface area contributed by atoms with Crippen molar-refractivity contribution in [3.05, 3.63) is 35.4 Å². The fraction of sp³-hybridized carbons (Fsp3) is 0.529. The van der Waals surface area contributed by atoms with E-state index in [0.717, 1.165) is 25.0 Å². The number of carbonyl (C=O) groups excluding carboxylic acids is 1. The maximum Gasteiger partial charge on any atom is 0.416 e. The van der Waals surface area contributed by atoms with Crippen LogP contribution in [0.1, 0.15) is 36.8 Å². The van der Waals surface area contributed by atoms with Gasteiger partial charge in [-0.05, 0) is 50.4 Å². The molecule has 0 atom stereocenters. The maximum absolute atomic E-state index is 12.5. The molecule has 1 N–H and O–H groups in total. The van der Waals surface area contributed by atoms with Crippen molar-refractivity contribution < 1.29 is 18.0 Å². The van der Waals surface area contributed by atoms with Gasteiger partial charge in [-0.3, -0.25) is 9.69 Å². The fourth-order valence-corrected chi connectivity index (χ4v) is 2.96. The van der Waals surface area contributed by atoms with Crippen molar-refractivity contribution in [3.63, 3.8) is 0 Å². The number of benzene rings is 1. The average molecular weight is 339 g/mol. The first-order chi connectivity index (χ1) is 11.2. The van der Waals surface area contributed by atoms with E-state index in [0.29, 0.717) is 24.9 Å². The van der Waals surface area contributed by atoms with Crippen molar-refractivity contribution in [1.29, 1.82) is 5.26 Å². The Balaban J connectivity index is 1.87. The zero-order chi connectivity index (χ0) is 17.8. The van der Waals surface area contributed by atoms with Gasteiger partial charge in [-0.1, -0.05) is 12.1 Å². The molecule has 1 aliphatic carbocycles. The Morgan fingerprint density at radius 3 is 2.38 bits per heavy atom. The molecule has 0 aliphatic heterocycles. The summed E-state index contributed by atoms with van der Waals surface area (Å²) >= 11 is 0. The van der Waals surface area contributed by atoms with E-state index in [1.54, 1.807) is 11.9 Å². The molecule has 0 spiro atoms. The van der Waals surface area contributed by atoms with E-state index in [4.69, 9.17) is 0 Å². The highest BCUT2D eigenvalue weighted by Gasteiger charge is 2.35. The Morgan fingerprint density at radius 1 is 1.29 bits per heavy atom. The SMILES string of the molecule is CN(CC(=O)NC1(C#N)CCCC1)Cc1ccc(C(F)(F)F)cc1. The number of nitriles is 1. The second kappa shape index (κ2) is 7.22. The quantitative estimate of drug-likeness (QED) is 0.897. The van der Waals surface area contributed by atoms with Gasteiger partial charge in [0.1, 0.15) is 5.54 Å². The second-order valence-corrected chi connectivity index (χ2v) is 6.32. The Labute approximate surface area is 139 Å². The van der Waals surface area contributed by atoms with Crippen LogP contribution in [-0.2, 0) is 17.5 Å². The number of rotatable bonds is 5. The molecule has 7 heteroatoms. The molecular formula is C17H20F3N3O. The van der Waals surface area contributed by atoms with Crippen LogP contribution < -0.4 is 5.32 Å². The minimum atomic E-state index is -4.35. The van der Waals surface area contributed by atoms with Gasteiger partial charge < -0.3 is 5.32 Å². The average Bonchev–Trinajstić information content (AvgIpc) is 2.95. The van der Waals surface area contributed by atoms with Crippen molar-refractivity contribution in [3.8, 4) is 6.07 Å². The molecule has 0 radical (unpaired) electrons. The number of halogens is 3. The zero-order valence-corrected chi connectivity index (χ0v) is 13.5. The van der Waals surface area contributed by atoms with Gasteiger partial charge in [0.2, 0.25) is 5.91 Å². The van der Waals surface area contributed by atoms with Crippen molar-refractivity contribution in [2.45, 2.75) is 43.9 Å². The predicted octanol–water partition coefficient (Wildman–Crippen LogP) is 3.09. The molecule has 1 aromatic carbocycles. The van der Waals surface area contributed by atoms with Crippen LogP contribution in [0, 0.1) is 11.3 Å². The number of likely N-dealkylation sites (N-methyl/N-ethyl adjacent to an activating group) is 1. The summed E-state index contributed by atoms with van der Waals surface area (Å²) in [6.07, 6.45) is -1.17. The number of hydrogen-bond donors (Lipinski definition) is 1. The number of amides is 1. The first-order valence-corrected chi connectivity index (χ1v) is 7.81. The van der Waals surface area contributed by atoms with Gasteiger partial charge in [-0.25, -0.2) is 0 Å². The van der Waals surface area contributed by atoms with E-state index >= 15 is 0 Å². The smallest absolute Gasteiger partial charge is 0.337 e. The third kappa shape index (κ3) is 4.71. The summed E-state index contributed by atoms with van der Waals surface area (Å²) < 4.78 is 37.6. The zero-order valence-electron chi connectivity index (χ0n) is 13.5. The van der Waals surface area contributed by atoms with Gasteiger partial charge in [0.15, 0.2) is 0 Å². The molecule has 130 valence electrons. The number of alkyl halides is 3. The third-order valence-electron chi connectivity index (χ3n) is 4.20. The highest BCUT2D eigenvalue weighted by Crippen LogP contribution is 2.30. The minimum absolute atomic E-state index is 0.0878. The largest absolute Gasteiger partial charge is 0.416 e. The maximum atomic E-state index is 12.5. The molecule has 1 aromatic rings. The molecule has 2 rings (SSSR count). The molecule has 0 saturated heterocycles. The van der Waals surface area contributed by atoms with Crippen LogP contribution in [0.15, 0.2) is 24.3 Å². The molecule has 0 heterocycles. The lowest BCUT2D eigenvalue weighted by Crippen LogP contribution is -2.48. The summed E-state index contributed by atoms with van der Waals surface area (Å²) in [4.78, 5) is 13.8. The molecule has 0 unspecified atom stereocenters. The number of hydrogen-bond acceptors (Lipinski definition) is 3. The second-order valence-electron chi connectivity index (χ2n) is 6.32. The van der Waals surface area contributed by atoms with Crippen LogP contribution in [-0.4, -0.2) is 29.9 Å². The number of nitrogens with one attached hydrogen (secondary N) is 1. The van der Waals surface area contributed by atoms with Gasteiger partial charge in [0.25, 0.3) is 0 Å². The molecule has 1 amide bonds. The van der Waals surface area contributed by atoms with Crippen LogP contribution in [0.5, 0.6) is 0 Å². The third-order valence-corrected chi connectivity index (χ3v) is 4.20. The Hall–Kier alpha value is -2.07. The first-order valence-electron chi connectivity index (χ1n) is 7.81. The fourth-order valence-electron chi connectivity index (χ4n) is 2.96. The minimum Gasteiger partial charge on any atom is -0.337 e. The monoisotopic (exact) mass is 339 g/mol. The molecule has 1 saturated carbocycles. The van der Waals surface area contributed by atoms with Crippen molar-refractivity contribution in [2.75, 3.05) is 13.6 Å². The Morgan fingerprint density at radius 2 is 1.88 bits per heavy atom. The van der Waals surface area contributed by atoms with E-state index in [1.807, 2.05) is 0 Å². The standard InChI is InChI=1S/C17H20F3N3O/c1-23(10-13-4-6-14(7-5-13)17(18,19)20)11-15(24)22-16(12-21)8-2-3-9-16/h4-7H,2-3,8-11H2,1H3,(H,22,24). The van der Waals surface area contributed by atoms with E-state index in [9.17, 15) is 23.2 Å². The van der Waals surface area contributed by atoms with Crippen molar-refractivity contribution in [1.82, 2.24) is 10.2 Å². The Bertz CT molecular complexity index is 613. The molecule has 24 heavy (non-hydrogen) atoms. The number of carbonyl (C=O) groups is 1. The van der Waals surface area contributed by atoms with E-state index in [1.165, 1.54) is 12.1 Å². The van der Waals surface area contributed by atoms with Crippen LogP contribution >= 0.6 is 0 Å². The highest BCUT2D eigenvalue weighted by molar-refractivity contribution is 5.79. The van der Waals surface area contributed by atoms with Gasteiger partial charge >= 0.3 is 6.18 Å². The van der Waals surface area contributed by atoms with Gasteiger partial charge in [-0.15, -0.1) is 0 Å². The molecule has 4 nitrogen and oxygen atoms in total. The normalized spacial score (nSPS) is 16.8. The van der Waals surface area contributed by atoms with E-state index in [-0.39, 0.29) is 12.5 Å². The summed E-state index contributed by atoms with van der Waals surface area (Å²) in [5.74, 6) is -0.243. The summed E-state index contributed by atoms with van der Waals surface area (Å²) in [7, 11) is 1.71. The topological polar surface area (TPSA) is 56.1 Å². The van der Waals surface area contributed by atoms with Gasteiger partial charge in [-0.2, -0.15) is 18.4 Å². The van der Waals surface area contributed by atoms with Gasteiger partial charge in [0, 0.05) is 6.54 Å². The van der Waals surface area contributed by atoms with Crippen LogP contribution in [0.2, 0.25) is 0 Å². The summed E-state index contributed by atoms with van der Waals surface area (Å²) in [5, 5.41) is 12.1. The van der Waals surface area contributed by atoms with E-state index in [2.05, 4.69) is 11.4 Å². The molecule has 0 aromatic heterocycles. The van der Waals surface area contributed by atoms with E-state index < -0.39 is 17.3 Å². The number of nitrogens with zero attached hydrogens (tertiary/aromatic N) is 2. The lowest BCUT2D eigenvalue weighted by Gasteiger charge is -2.24. The molecule has 0 bridgehead atoms. The summed E-state index contributed by atoms with van der Waals surface area (Å²) in [5.41, 5.74) is -0.760. The summed E-state index contributed by atoms with van der Waals surface area (Å²) in [6, 6.07) is 7.08. The molecule has 1 aliphatic rings. The van der Waals surface area contributed by atoms with Crippen LogP contribution in [0.25, 0.3) is 0 Å². The lowest BCUT2D eigenvalue weighted by atomic mass is 10.00.